The van der Waals surface area contributed by atoms with Crippen molar-refractivity contribution in [2.75, 3.05) is 20.2 Å². The van der Waals surface area contributed by atoms with Gasteiger partial charge in [-0.05, 0) is 0 Å². The number of carboxylic acid groups (broad SMARTS) is 1. The molecule has 1 N–H and O–H groups in total. The third-order valence-corrected chi connectivity index (χ3v) is 5.47. The largest absolute Gasteiger partial charge is 0.476 e. The van der Waals surface area contributed by atoms with Crippen molar-refractivity contribution in [2.45, 2.75) is 11.1 Å². The molecule has 0 aliphatic heterocycles. The molecule has 0 aliphatic carbocycles. The second-order valence-electron chi connectivity index (χ2n) is 3.30. The molecule has 19 heavy (non-hydrogen) atoms. The zero-order valence-corrected chi connectivity index (χ0v) is 11.8. The number of esters is 1. The van der Waals surface area contributed by atoms with E-state index in [2.05, 4.69) is 9.72 Å². The number of thiazole rings is 1. The summed E-state index contributed by atoms with van der Waals surface area (Å²) in [5.74, 6) is -2.17. The van der Waals surface area contributed by atoms with Crippen molar-refractivity contribution >= 4 is 33.3 Å². The average molecular weight is 308 g/mol. The van der Waals surface area contributed by atoms with Gasteiger partial charge in [0.15, 0.2) is 9.90 Å². The highest BCUT2D eigenvalue weighted by atomic mass is 32.2. The van der Waals surface area contributed by atoms with Crippen LogP contribution in [-0.4, -0.2) is 55.0 Å². The standard InChI is InChI=1S/C9H12N2O6S2/c1-3-11(4-6(12)17-2)19(15,16)9-7(8(13)14)10-5-18-9/h5H,3-4H2,1-2H3,(H,13,14). The summed E-state index contributed by atoms with van der Waals surface area (Å²) in [5, 5.41) is 8.87. The van der Waals surface area contributed by atoms with E-state index in [9.17, 15) is 18.0 Å². The summed E-state index contributed by atoms with van der Waals surface area (Å²) in [5.41, 5.74) is 0.579. The molecule has 10 heteroatoms. The first-order valence-electron chi connectivity index (χ1n) is 5.08. The third-order valence-electron chi connectivity index (χ3n) is 2.20. The number of aromatic carboxylic acids is 1. The Balaban J connectivity index is 3.17. The van der Waals surface area contributed by atoms with Crippen LogP contribution in [0.3, 0.4) is 0 Å². The van der Waals surface area contributed by atoms with E-state index < -0.39 is 38.4 Å². The number of hydrogen-bond donors (Lipinski definition) is 1. The third kappa shape index (κ3) is 3.28. The molecule has 0 fully saturated rings. The number of likely N-dealkylation sites (N-methyl/N-ethyl adjacent to an activating group) is 1. The van der Waals surface area contributed by atoms with E-state index in [4.69, 9.17) is 5.11 Å². The fraction of sp³-hybridized carbons (Fsp3) is 0.444. The number of hydrogen-bond acceptors (Lipinski definition) is 7. The minimum atomic E-state index is -4.08. The van der Waals surface area contributed by atoms with E-state index in [0.717, 1.165) is 16.9 Å². The summed E-state index contributed by atoms with van der Waals surface area (Å²) in [4.78, 5) is 25.5. The Morgan fingerprint density at radius 3 is 2.63 bits per heavy atom. The molecule has 106 valence electrons. The van der Waals surface area contributed by atoms with Crippen molar-refractivity contribution in [1.82, 2.24) is 9.29 Å². The molecule has 0 aromatic carbocycles. The molecule has 0 aliphatic rings. The molecule has 0 atom stereocenters. The van der Waals surface area contributed by atoms with Gasteiger partial charge >= 0.3 is 11.9 Å². The maximum atomic E-state index is 12.2. The normalized spacial score (nSPS) is 11.5. The molecule has 0 bridgehead atoms. The molecule has 0 amide bonds. The lowest BCUT2D eigenvalue weighted by molar-refractivity contribution is -0.140. The molecular formula is C9H12N2O6S2. The number of carboxylic acids is 1. The van der Waals surface area contributed by atoms with Gasteiger partial charge in [-0.15, -0.1) is 11.3 Å². The molecule has 0 spiro atoms. The van der Waals surface area contributed by atoms with Gasteiger partial charge in [0, 0.05) is 6.54 Å². The molecule has 0 saturated heterocycles. The van der Waals surface area contributed by atoms with Crippen LogP contribution in [0.5, 0.6) is 0 Å². The van der Waals surface area contributed by atoms with Gasteiger partial charge < -0.3 is 9.84 Å². The average Bonchev–Trinajstić information content (AvgIpc) is 2.85. The second kappa shape index (κ2) is 6.08. The fourth-order valence-corrected chi connectivity index (χ4v) is 3.92. The highest BCUT2D eigenvalue weighted by Crippen LogP contribution is 2.24. The summed E-state index contributed by atoms with van der Waals surface area (Å²) >= 11 is 0.690. The number of carbonyl (C=O) groups is 2. The molecule has 1 aromatic heterocycles. The van der Waals surface area contributed by atoms with E-state index in [0.29, 0.717) is 11.3 Å². The number of methoxy groups -OCH3 is 1. The summed E-state index contributed by atoms with van der Waals surface area (Å²) in [6.07, 6.45) is 0. The first-order chi connectivity index (χ1) is 8.84. The zero-order chi connectivity index (χ0) is 14.6. The lowest BCUT2D eigenvalue weighted by Crippen LogP contribution is -2.36. The minimum Gasteiger partial charge on any atom is -0.476 e. The maximum Gasteiger partial charge on any atom is 0.356 e. The van der Waals surface area contributed by atoms with E-state index in [1.807, 2.05) is 0 Å². The molecule has 8 nitrogen and oxygen atoms in total. The molecule has 1 aromatic rings. The molecule has 0 radical (unpaired) electrons. The summed E-state index contributed by atoms with van der Waals surface area (Å²) in [7, 11) is -2.94. The van der Waals surface area contributed by atoms with Crippen LogP contribution >= 0.6 is 11.3 Å². The number of sulfonamides is 1. The Morgan fingerprint density at radius 1 is 1.53 bits per heavy atom. The number of nitrogens with zero attached hydrogens (tertiary/aromatic N) is 2. The van der Waals surface area contributed by atoms with Crippen molar-refractivity contribution in [2.24, 2.45) is 0 Å². The van der Waals surface area contributed by atoms with Gasteiger partial charge in [-0.3, -0.25) is 4.79 Å². The molecule has 0 saturated carbocycles. The maximum absolute atomic E-state index is 12.2. The van der Waals surface area contributed by atoms with Crippen molar-refractivity contribution in [3.05, 3.63) is 11.2 Å². The van der Waals surface area contributed by atoms with Crippen LogP contribution in [-0.2, 0) is 19.6 Å². The van der Waals surface area contributed by atoms with Crippen molar-refractivity contribution in [3.63, 3.8) is 0 Å². The predicted octanol–water partition coefficient (Wildman–Crippen LogP) is 0.0249. The van der Waals surface area contributed by atoms with Gasteiger partial charge in [-0.2, -0.15) is 4.31 Å². The van der Waals surface area contributed by atoms with E-state index in [1.165, 1.54) is 6.92 Å². The summed E-state index contributed by atoms with van der Waals surface area (Å²) < 4.78 is 29.3. The Bertz CT molecular complexity index is 579. The number of carbonyl (C=O) groups excluding carboxylic acids is 1. The first-order valence-corrected chi connectivity index (χ1v) is 7.40. The monoisotopic (exact) mass is 308 g/mol. The fourth-order valence-electron chi connectivity index (χ4n) is 1.25. The Morgan fingerprint density at radius 2 is 2.16 bits per heavy atom. The van der Waals surface area contributed by atoms with Crippen molar-refractivity contribution in [1.29, 1.82) is 0 Å². The van der Waals surface area contributed by atoms with E-state index in [1.54, 1.807) is 0 Å². The predicted molar refractivity (Wildman–Crippen MR) is 65.5 cm³/mol. The highest BCUT2D eigenvalue weighted by molar-refractivity contribution is 7.91. The first kappa shape index (κ1) is 15.5. The Hall–Kier alpha value is -1.52. The van der Waals surface area contributed by atoms with Gasteiger partial charge in [0.25, 0.3) is 10.0 Å². The van der Waals surface area contributed by atoms with Gasteiger partial charge in [-0.25, -0.2) is 18.2 Å². The quantitative estimate of drug-likeness (QED) is 0.737. The van der Waals surface area contributed by atoms with Crippen LogP contribution < -0.4 is 0 Å². The lowest BCUT2D eigenvalue weighted by atomic mass is 10.5. The van der Waals surface area contributed by atoms with Crippen LogP contribution in [0.15, 0.2) is 9.72 Å². The number of rotatable bonds is 6. The lowest BCUT2D eigenvalue weighted by Gasteiger charge is -2.18. The van der Waals surface area contributed by atoms with Crippen LogP contribution in [0.4, 0.5) is 0 Å². The summed E-state index contributed by atoms with van der Waals surface area (Å²) in [6.45, 7) is 1.06. The number of aromatic nitrogens is 1. The van der Waals surface area contributed by atoms with Crippen LogP contribution in [0, 0.1) is 0 Å². The second-order valence-corrected chi connectivity index (χ2v) is 6.29. The van der Waals surface area contributed by atoms with Gasteiger partial charge in [0.2, 0.25) is 0 Å². The topological polar surface area (TPSA) is 114 Å². The number of ether oxygens (including phenoxy) is 1. The molecule has 0 unspecified atom stereocenters. The van der Waals surface area contributed by atoms with Crippen molar-refractivity contribution in [3.8, 4) is 0 Å². The van der Waals surface area contributed by atoms with Crippen LogP contribution in [0.25, 0.3) is 0 Å². The molecule has 1 heterocycles. The highest BCUT2D eigenvalue weighted by Gasteiger charge is 2.32. The Labute approximate surface area is 113 Å². The SMILES string of the molecule is CCN(CC(=O)OC)S(=O)(=O)c1scnc1C(=O)O. The van der Waals surface area contributed by atoms with Gasteiger partial charge in [0.1, 0.15) is 6.54 Å². The zero-order valence-electron chi connectivity index (χ0n) is 10.2. The van der Waals surface area contributed by atoms with Gasteiger partial charge in [0.05, 0.1) is 12.6 Å². The Kier molecular flexibility index (Phi) is 4.97. The van der Waals surface area contributed by atoms with E-state index >= 15 is 0 Å². The molecular weight excluding hydrogens is 296 g/mol. The smallest absolute Gasteiger partial charge is 0.356 e. The minimum absolute atomic E-state index is 0.00833. The molecule has 1 rings (SSSR count). The van der Waals surface area contributed by atoms with Crippen LogP contribution in [0.2, 0.25) is 0 Å². The van der Waals surface area contributed by atoms with Gasteiger partial charge in [-0.1, -0.05) is 6.92 Å². The van der Waals surface area contributed by atoms with Crippen LogP contribution in [0.1, 0.15) is 17.4 Å². The summed E-state index contributed by atoms with van der Waals surface area (Å²) in [6, 6.07) is 0. The van der Waals surface area contributed by atoms with E-state index in [-0.39, 0.29) is 6.54 Å². The van der Waals surface area contributed by atoms with Crippen molar-refractivity contribution < 1.29 is 27.9 Å².